The summed E-state index contributed by atoms with van der Waals surface area (Å²) in [7, 11) is 0. The molecule has 3 aromatic carbocycles. The van der Waals surface area contributed by atoms with Gasteiger partial charge in [0.05, 0.1) is 11.3 Å². The van der Waals surface area contributed by atoms with E-state index in [0.29, 0.717) is 6.54 Å². The first-order valence-corrected chi connectivity index (χ1v) is 15.1. The molecule has 0 bridgehead atoms. The highest BCUT2D eigenvalue weighted by molar-refractivity contribution is 7.99. The minimum absolute atomic E-state index is 0. The van der Waals surface area contributed by atoms with Crippen LogP contribution >= 0.6 is 36.6 Å². The van der Waals surface area contributed by atoms with E-state index >= 15 is 0 Å². The molecule has 2 fully saturated rings. The van der Waals surface area contributed by atoms with Crippen LogP contribution in [0, 0.1) is 6.92 Å². The fraction of sp³-hybridized carbons (Fsp3) is 0.303. The Morgan fingerprint density at radius 3 is 2.27 bits per heavy atom. The number of carbonyl (C=O) groups excluding carboxylic acids is 1. The lowest BCUT2D eigenvalue weighted by Gasteiger charge is -2.36. The standard InChI is InChI=1S/C33H36N4OS.2ClH/c1-25-21-31(33(38)36-16-15-34-24-30(36)22-26-9-4-2-5-10-26)32(27-11-6-3-7-12-27)37(25)29-14-8-13-28(23-29)35-17-19-39-20-18-35;;/h2-14,21,23,30,34H,15-20,22,24H2,1H3;2*1H/t30-;;/m1../s1. The summed E-state index contributed by atoms with van der Waals surface area (Å²) < 4.78 is 2.28. The minimum atomic E-state index is 0. The number of anilines is 1. The van der Waals surface area contributed by atoms with Crippen molar-refractivity contribution in [3.05, 3.63) is 108 Å². The number of aryl methyl sites for hydroxylation is 1. The molecule has 1 amide bonds. The molecule has 8 heteroatoms. The average Bonchev–Trinajstić information content (AvgIpc) is 3.35. The third-order valence-corrected chi connectivity index (χ3v) is 8.79. The Kier molecular flexibility index (Phi) is 10.8. The highest BCUT2D eigenvalue weighted by atomic mass is 35.5. The Bertz CT molecular complexity index is 1420. The first-order chi connectivity index (χ1) is 19.2. The third-order valence-electron chi connectivity index (χ3n) is 7.85. The SMILES string of the molecule is Cc1cc(C(=O)N2CCNC[C@H]2Cc2ccccc2)c(-c2ccccc2)n1-c1cccc(N2CCSCC2)c1.Cl.Cl. The van der Waals surface area contributed by atoms with Crippen molar-refractivity contribution in [2.75, 3.05) is 49.1 Å². The average molecular weight is 610 g/mol. The van der Waals surface area contributed by atoms with Crippen molar-refractivity contribution >= 4 is 48.2 Å². The number of nitrogens with zero attached hydrogens (tertiary/aromatic N) is 3. The van der Waals surface area contributed by atoms with Crippen LogP contribution in [0.2, 0.25) is 0 Å². The minimum Gasteiger partial charge on any atom is -0.370 e. The number of benzene rings is 3. The number of halogens is 2. The Morgan fingerprint density at radius 1 is 0.854 bits per heavy atom. The molecule has 2 aliphatic heterocycles. The zero-order valence-corrected chi connectivity index (χ0v) is 25.8. The van der Waals surface area contributed by atoms with Crippen LogP contribution in [0.5, 0.6) is 0 Å². The van der Waals surface area contributed by atoms with Gasteiger partial charge in [0.2, 0.25) is 0 Å². The monoisotopic (exact) mass is 608 g/mol. The predicted molar refractivity (Wildman–Crippen MR) is 178 cm³/mol. The van der Waals surface area contributed by atoms with Crippen LogP contribution in [-0.2, 0) is 6.42 Å². The van der Waals surface area contributed by atoms with Crippen LogP contribution in [-0.4, -0.2) is 65.6 Å². The zero-order chi connectivity index (χ0) is 26.6. The second-order valence-electron chi connectivity index (χ2n) is 10.4. The van der Waals surface area contributed by atoms with Gasteiger partial charge in [0.1, 0.15) is 0 Å². The van der Waals surface area contributed by atoms with Gasteiger partial charge in [-0.3, -0.25) is 4.79 Å². The van der Waals surface area contributed by atoms with Crippen LogP contribution in [0.25, 0.3) is 16.9 Å². The Balaban J connectivity index is 0.00000194. The van der Waals surface area contributed by atoms with Gasteiger partial charge in [-0.05, 0) is 48.7 Å². The van der Waals surface area contributed by atoms with E-state index in [1.807, 2.05) is 23.9 Å². The molecule has 2 aliphatic rings. The summed E-state index contributed by atoms with van der Waals surface area (Å²) in [5, 5.41) is 3.51. The van der Waals surface area contributed by atoms with Crippen molar-refractivity contribution in [3.8, 4) is 16.9 Å². The highest BCUT2D eigenvalue weighted by Gasteiger charge is 2.31. The van der Waals surface area contributed by atoms with Crippen LogP contribution < -0.4 is 10.2 Å². The lowest BCUT2D eigenvalue weighted by Crippen LogP contribution is -2.54. The summed E-state index contributed by atoms with van der Waals surface area (Å²) in [6.07, 6.45) is 0.843. The molecule has 0 spiro atoms. The molecule has 216 valence electrons. The van der Waals surface area contributed by atoms with Gasteiger partial charge in [0.15, 0.2) is 0 Å². The van der Waals surface area contributed by atoms with Crippen molar-refractivity contribution in [2.45, 2.75) is 19.4 Å². The van der Waals surface area contributed by atoms with Gasteiger partial charge in [-0.25, -0.2) is 0 Å². The van der Waals surface area contributed by atoms with Crippen LogP contribution in [0.3, 0.4) is 0 Å². The van der Waals surface area contributed by atoms with Crippen LogP contribution in [0.1, 0.15) is 21.6 Å². The normalized spacial score (nSPS) is 17.0. The predicted octanol–water partition coefficient (Wildman–Crippen LogP) is 6.51. The topological polar surface area (TPSA) is 40.5 Å². The maximum atomic E-state index is 14.4. The summed E-state index contributed by atoms with van der Waals surface area (Å²) in [6.45, 7) is 6.58. The van der Waals surface area contributed by atoms with E-state index in [0.717, 1.165) is 72.3 Å². The molecule has 1 atom stereocenters. The van der Waals surface area contributed by atoms with Gasteiger partial charge >= 0.3 is 0 Å². The number of hydrogen-bond acceptors (Lipinski definition) is 4. The van der Waals surface area contributed by atoms with Crippen LogP contribution in [0.4, 0.5) is 5.69 Å². The lowest BCUT2D eigenvalue weighted by atomic mass is 10.0. The number of thioether (sulfide) groups is 1. The first-order valence-electron chi connectivity index (χ1n) is 14.0. The Labute approximate surface area is 260 Å². The number of rotatable bonds is 6. The molecule has 0 saturated carbocycles. The summed E-state index contributed by atoms with van der Waals surface area (Å²) in [5.74, 6) is 2.44. The van der Waals surface area contributed by atoms with E-state index < -0.39 is 0 Å². The molecule has 4 aromatic rings. The fourth-order valence-electron chi connectivity index (χ4n) is 5.92. The molecule has 0 radical (unpaired) electrons. The van der Waals surface area contributed by atoms with E-state index in [9.17, 15) is 4.79 Å². The van der Waals surface area contributed by atoms with E-state index in [-0.39, 0.29) is 36.8 Å². The zero-order valence-electron chi connectivity index (χ0n) is 23.4. The molecule has 41 heavy (non-hydrogen) atoms. The molecule has 0 unspecified atom stereocenters. The second kappa shape index (κ2) is 14.3. The quantitative estimate of drug-likeness (QED) is 0.271. The van der Waals surface area contributed by atoms with E-state index in [4.69, 9.17) is 0 Å². The van der Waals surface area contributed by atoms with E-state index in [1.54, 1.807) is 0 Å². The maximum Gasteiger partial charge on any atom is 0.256 e. The molecule has 1 aromatic heterocycles. The van der Waals surface area contributed by atoms with E-state index in [1.165, 1.54) is 11.3 Å². The third kappa shape index (κ3) is 6.78. The van der Waals surface area contributed by atoms with E-state index in [2.05, 4.69) is 105 Å². The maximum absolute atomic E-state index is 14.4. The van der Waals surface area contributed by atoms with Crippen molar-refractivity contribution in [3.63, 3.8) is 0 Å². The molecule has 2 saturated heterocycles. The highest BCUT2D eigenvalue weighted by Crippen LogP contribution is 2.34. The summed E-state index contributed by atoms with van der Waals surface area (Å²) in [5.41, 5.74) is 7.48. The smallest absolute Gasteiger partial charge is 0.256 e. The van der Waals surface area contributed by atoms with Crippen LogP contribution in [0.15, 0.2) is 91.0 Å². The van der Waals surface area contributed by atoms with Gasteiger partial charge < -0.3 is 19.7 Å². The number of piperazine rings is 1. The molecule has 3 heterocycles. The summed E-state index contributed by atoms with van der Waals surface area (Å²) >= 11 is 2.02. The molecule has 6 rings (SSSR count). The van der Waals surface area contributed by atoms with Gasteiger partial charge in [0.25, 0.3) is 5.91 Å². The molecular weight excluding hydrogens is 571 g/mol. The largest absolute Gasteiger partial charge is 0.370 e. The molecular formula is C33H38Cl2N4OS. The van der Waals surface area contributed by atoms with Gasteiger partial charge in [0, 0.05) is 67.3 Å². The van der Waals surface area contributed by atoms with Crippen molar-refractivity contribution in [1.82, 2.24) is 14.8 Å². The first kappa shape index (κ1) is 31.0. The Morgan fingerprint density at radius 2 is 1.54 bits per heavy atom. The fourth-order valence-corrected chi connectivity index (χ4v) is 6.82. The van der Waals surface area contributed by atoms with Gasteiger partial charge in [-0.2, -0.15) is 11.8 Å². The number of nitrogens with one attached hydrogen (secondary N) is 1. The number of amides is 1. The number of hydrogen-bond donors (Lipinski definition) is 1. The van der Waals surface area contributed by atoms with Gasteiger partial charge in [-0.15, -0.1) is 24.8 Å². The number of carbonyl (C=O) groups is 1. The summed E-state index contributed by atoms with van der Waals surface area (Å²) in [6, 6.07) is 31.9. The molecule has 0 aliphatic carbocycles. The molecule has 5 nitrogen and oxygen atoms in total. The lowest BCUT2D eigenvalue weighted by molar-refractivity contribution is 0.0637. The van der Waals surface area contributed by atoms with Crippen molar-refractivity contribution in [2.24, 2.45) is 0 Å². The van der Waals surface area contributed by atoms with Crippen molar-refractivity contribution < 1.29 is 4.79 Å². The molecule has 1 N–H and O–H groups in total. The van der Waals surface area contributed by atoms with Gasteiger partial charge in [-0.1, -0.05) is 66.7 Å². The summed E-state index contributed by atoms with van der Waals surface area (Å²) in [4.78, 5) is 18.9. The van der Waals surface area contributed by atoms with Crippen molar-refractivity contribution in [1.29, 1.82) is 0 Å². The number of aromatic nitrogens is 1. The Hall–Kier alpha value is -2.90. The second-order valence-corrected chi connectivity index (χ2v) is 11.6.